The van der Waals surface area contributed by atoms with Crippen molar-refractivity contribution in [3.8, 4) is 0 Å². The Kier molecular flexibility index (Phi) is 2.20. The van der Waals surface area contributed by atoms with E-state index in [0.717, 1.165) is 18.4 Å². The maximum atomic E-state index is 9.86. The predicted molar refractivity (Wildman–Crippen MR) is 65.2 cm³/mol. The van der Waals surface area contributed by atoms with Gasteiger partial charge in [0, 0.05) is 0 Å². The lowest BCUT2D eigenvalue weighted by Gasteiger charge is -2.28. The van der Waals surface area contributed by atoms with Crippen LogP contribution in [0.3, 0.4) is 0 Å². The molecule has 2 heteroatoms. The highest BCUT2D eigenvalue weighted by Crippen LogP contribution is 2.34. The third-order valence-corrected chi connectivity index (χ3v) is 3.52. The molecule has 0 aliphatic heterocycles. The van der Waals surface area contributed by atoms with Crippen molar-refractivity contribution < 1.29 is 5.11 Å². The van der Waals surface area contributed by atoms with E-state index in [0.29, 0.717) is 0 Å². The van der Waals surface area contributed by atoms with E-state index in [9.17, 15) is 5.11 Å². The molecule has 2 aromatic rings. The Labute approximate surface area is 94.7 Å². The maximum Gasteiger partial charge on any atom is 0.0736 e. The molecule has 2 nitrogen and oxygen atoms in total. The van der Waals surface area contributed by atoms with Gasteiger partial charge in [-0.1, -0.05) is 36.4 Å². The molecule has 0 saturated carbocycles. The highest BCUT2D eigenvalue weighted by Gasteiger charge is 2.26. The van der Waals surface area contributed by atoms with Gasteiger partial charge in [-0.05, 0) is 34.7 Å². The van der Waals surface area contributed by atoms with Gasteiger partial charge >= 0.3 is 0 Å². The van der Waals surface area contributed by atoms with Crippen molar-refractivity contribution in [1.82, 2.24) is 0 Å². The first-order valence-electron chi connectivity index (χ1n) is 5.71. The summed E-state index contributed by atoms with van der Waals surface area (Å²) in [5, 5.41) is 12.2. The van der Waals surface area contributed by atoms with Crippen LogP contribution < -0.4 is 5.73 Å². The predicted octanol–water partition coefficient (Wildman–Crippen LogP) is 2.15. The summed E-state index contributed by atoms with van der Waals surface area (Å²) in [6.07, 6.45) is 1.29. The number of aryl methyl sites for hydroxylation is 1. The van der Waals surface area contributed by atoms with Crippen LogP contribution in [0.4, 0.5) is 0 Å². The molecule has 2 aromatic carbocycles. The summed E-state index contributed by atoms with van der Waals surface area (Å²) in [6, 6.07) is 12.3. The molecule has 0 fully saturated rings. The van der Waals surface area contributed by atoms with Gasteiger partial charge in [-0.3, -0.25) is 0 Å². The van der Waals surface area contributed by atoms with Gasteiger partial charge in [0.2, 0.25) is 0 Å². The van der Waals surface area contributed by atoms with E-state index in [1.807, 2.05) is 12.1 Å². The highest BCUT2D eigenvalue weighted by atomic mass is 16.3. The normalized spacial score (nSPS) is 24.4. The fourth-order valence-electron chi connectivity index (χ4n) is 2.63. The zero-order valence-electron chi connectivity index (χ0n) is 9.06. The summed E-state index contributed by atoms with van der Waals surface area (Å²) in [6.45, 7) is 0. The summed E-state index contributed by atoms with van der Waals surface area (Å²) in [7, 11) is 0. The first-order valence-corrected chi connectivity index (χ1v) is 5.71. The summed E-state index contributed by atoms with van der Waals surface area (Å²) < 4.78 is 0. The summed E-state index contributed by atoms with van der Waals surface area (Å²) in [5.41, 5.74) is 8.53. The van der Waals surface area contributed by atoms with Crippen molar-refractivity contribution in [2.24, 2.45) is 5.73 Å². The molecule has 0 aromatic heterocycles. The molecule has 1 aliphatic rings. The number of aliphatic hydroxyl groups excluding tert-OH is 1. The minimum absolute atomic E-state index is 0.241. The van der Waals surface area contributed by atoms with Crippen LogP contribution >= 0.6 is 0 Å². The van der Waals surface area contributed by atoms with Crippen molar-refractivity contribution in [1.29, 1.82) is 0 Å². The molecule has 16 heavy (non-hydrogen) atoms. The van der Waals surface area contributed by atoms with Crippen LogP contribution in [-0.4, -0.2) is 11.2 Å². The Morgan fingerprint density at radius 3 is 2.81 bits per heavy atom. The van der Waals surface area contributed by atoms with E-state index >= 15 is 0 Å². The molecule has 82 valence electrons. The third kappa shape index (κ3) is 1.34. The number of hydrogen-bond acceptors (Lipinski definition) is 2. The van der Waals surface area contributed by atoms with Gasteiger partial charge in [0.15, 0.2) is 0 Å². The number of nitrogens with two attached hydrogens (primary N) is 1. The topological polar surface area (TPSA) is 46.2 Å². The molecule has 1 aliphatic carbocycles. The van der Waals surface area contributed by atoms with Gasteiger partial charge in [0.05, 0.1) is 12.1 Å². The number of hydrogen-bond donors (Lipinski definition) is 2. The number of rotatable bonds is 0. The fraction of sp³-hybridized carbons (Fsp3) is 0.286. The van der Waals surface area contributed by atoms with Crippen molar-refractivity contribution in [2.45, 2.75) is 25.0 Å². The number of benzene rings is 2. The van der Waals surface area contributed by atoms with Crippen LogP contribution in [0.15, 0.2) is 36.4 Å². The smallest absolute Gasteiger partial charge is 0.0736 e. The van der Waals surface area contributed by atoms with Gasteiger partial charge in [-0.15, -0.1) is 0 Å². The third-order valence-electron chi connectivity index (χ3n) is 3.52. The van der Waals surface area contributed by atoms with Crippen molar-refractivity contribution in [2.75, 3.05) is 0 Å². The second-order valence-corrected chi connectivity index (χ2v) is 4.49. The fourth-order valence-corrected chi connectivity index (χ4v) is 2.63. The van der Waals surface area contributed by atoms with Crippen molar-refractivity contribution in [3.63, 3.8) is 0 Å². The summed E-state index contributed by atoms with van der Waals surface area (Å²) >= 11 is 0. The van der Waals surface area contributed by atoms with Crippen LogP contribution in [-0.2, 0) is 6.42 Å². The standard InChI is InChI=1S/C14H15NO/c15-14-12(16)8-7-10-6-5-9-3-1-2-4-11(9)13(10)14/h1-6,12,14,16H,7-8,15H2/t12-,14-/m1/s1. The molecule has 3 N–H and O–H groups in total. The second-order valence-electron chi connectivity index (χ2n) is 4.49. The van der Waals surface area contributed by atoms with E-state index in [1.165, 1.54) is 16.3 Å². The molecule has 3 rings (SSSR count). The minimum Gasteiger partial charge on any atom is -0.391 e. The van der Waals surface area contributed by atoms with Crippen LogP contribution in [0.2, 0.25) is 0 Å². The van der Waals surface area contributed by atoms with Gasteiger partial charge in [0.25, 0.3) is 0 Å². The lowest BCUT2D eigenvalue weighted by molar-refractivity contribution is 0.128. The molecular weight excluding hydrogens is 198 g/mol. The zero-order valence-corrected chi connectivity index (χ0v) is 9.06. The van der Waals surface area contributed by atoms with E-state index in [2.05, 4.69) is 24.3 Å². The minimum atomic E-state index is -0.404. The Hall–Kier alpha value is -1.38. The first kappa shape index (κ1) is 9.82. The number of aliphatic hydroxyl groups is 1. The second kappa shape index (κ2) is 3.58. The van der Waals surface area contributed by atoms with Gasteiger partial charge in [0.1, 0.15) is 0 Å². The SMILES string of the molecule is N[C@H]1c2c(ccc3ccccc23)CC[C@H]1O. The van der Waals surface area contributed by atoms with E-state index in [-0.39, 0.29) is 6.04 Å². The molecule has 0 spiro atoms. The quantitative estimate of drug-likeness (QED) is 0.704. The number of fused-ring (bicyclic) bond motifs is 3. The maximum absolute atomic E-state index is 9.86. The molecular formula is C14H15NO. The Morgan fingerprint density at radius 1 is 1.12 bits per heavy atom. The average molecular weight is 213 g/mol. The lowest BCUT2D eigenvalue weighted by atomic mass is 9.83. The Bertz CT molecular complexity index is 535. The van der Waals surface area contributed by atoms with Crippen LogP contribution in [0.25, 0.3) is 10.8 Å². The molecule has 0 heterocycles. The van der Waals surface area contributed by atoms with E-state index < -0.39 is 6.10 Å². The molecule has 0 bridgehead atoms. The Morgan fingerprint density at radius 2 is 1.94 bits per heavy atom. The highest BCUT2D eigenvalue weighted by molar-refractivity contribution is 5.87. The monoisotopic (exact) mass is 213 g/mol. The summed E-state index contributed by atoms with van der Waals surface area (Å²) in [5.74, 6) is 0. The van der Waals surface area contributed by atoms with Crippen LogP contribution in [0, 0.1) is 0 Å². The molecule has 0 radical (unpaired) electrons. The van der Waals surface area contributed by atoms with Gasteiger partial charge in [-0.2, -0.15) is 0 Å². The molecule has 2 atom stereocenters. The first-order chi connectivity index (χ1) is 7.77. The van der Waals surface area contributed by atoms with E-state index in [4.69, 9.17) is 5.73 Å². The van der Waals surface area contributed by atoms with E-state index in [1.54, 1.807) is 0 Å². The van der Waals surface area contributed by atoms with Crippen molar-refractivity contribution in [3.05, 3.63) is 47.5 Å². The lowest BCUT2D eigenvalue weighted by Crippen LogP contribution is -2.31. The van der Waals surface area contributed by atoms with Crippen LogP contribution in [0.1, 0.15) is 23.6 Å². The largest absolute Gasteiger partial charge is 0.391 e. The van der Waals surface area contributed by atoms with Crippen LogP contribution in [0.5, 0.6) is 0 Å². The van der Waals surface area contributed by atoms with Gasteiger partial charge in [-0.25, -0.2) is 0 Å². The van der Waals surface area contributed by atoms with Gasteiger partial charge < -0.3 is 10.8 Å². The average Bonchev–Trinajstić information content (AvgIpc) is 2.33. The molecule has 0 unspecified atom stereocenters. The Balaban J connectivity index is 2.32. The molecule has 0 amide bonds. The molecule has 0 saturated heterocycles. The van der Waals surface area contributed by atoms with Crippen molar-refractivity contribution >= 4 is 10.8 Å². The zero-order chi connectivity index (χ0) is 11.1. The summed E-state index contributed by atoms with van der Waals surface area (Å²) in [4.78, 5) is 0.